The highest BCUT2D eigenvalue weighted by atomic mass is 32.2. The quantitative estimate of drug-likeness (QED) is 0.578. The first kappa shape index (κ1) is 19.2. The van der Waals surface area contributed by atoms with Crippen LogP contribution in [0.4, 0.5) is 11.4 Å². The van der Waals surface area contributed by atoms with Crippen LogP contribution < -0.4 is 10.6 Å². The average molecular weight is 397 g/mol. The first-order valence-electron chi connectivity index (χ1n) is 8.49. The number of carbonyl (C=O) groups excluding carboxylic acids is 2. The molecule has 0 aliphatic heterocycles. The van der Waals surface area contributed by atoms with Crippen molar-refractivity contribution in [1.82, 2.24) is 0 Å². The summed E-state index contributed by atoms with van der Waals surface area (Å²) in [6.07, 6.45) is 0. The van der Waals surface area contributed by atoms with Gasteiger partial charge in [-0.05, 0) is 47.7 Å². The second kappa shape index (κ2) is 9.39. The van der Waals surface area contributed by atoms with Gasteiger partial charge in [0.2, 0.25) is 5.91 Å². The van der Waals surface area contributed by atoms with Crippen LogP contribution >= 0.6 is 23.1 Å². The number of anilines is 2. The van der Waals surface area contributed by atoms with E-state index in [-0.39, 0.29) is 11.8 Å². The topological polar surface area (TPSA) is 58.2 Å². The maximum absolute atomic E-state index is 12.2. The zero-order valence-electron chi connectivity index (χ0n) is 14.9. The maximum atomic E-state index is 12.2. The Labute approximate surface area is 167 Å². The first-order valence-corrected chi connectivity index (χ1v) is 10.5. The second-order valence-electron chi connectivity index (χ2n) is 5.98. The van der Waals surface area contributed by atoms with Gasteiger partial charge in [0.05, 0.1) is 10.6 Å². The first-order chi connectivity index (χ1) is 13.1. The molecule has 0 saturated heterocycles. The fourth-order valence-corrected chi connectivity index (χ4v) is 4.02. The summed E-state index contributed by atoms with van der Waals surface area (Å²) in [6, 6.07) is 19.0. The highest BCUT2D eigenvalue weighted by molar-refractivity contribution is 7.99. The Morgan fingerprint density at radius 3 is 2.48 bits per heavy atom. The van der Waals surface area contributed by atoms with E-state index < -0.39 is 0 Å². The fraction of sp³-hybridized carbons (Fsp3) is 0.143. The molecular formula is C21H20N2O2S2. The Morgan fingerprint density at radius 2 is 1.74 bits per heavy atom. The fourth-order valence-electron chi connectivity index (χ4n) is 2.50. The number of hydrogen-bond acceptors (Lipinski definition) is 4. The summed E-state index contributed by atoms with van der Waals surface area (Å²) in [5.41, 5.74) is 3.80. The number of benzene rings is 2. The van der Waals surface area contributed by atoms with Gasteiger partial charge in [-0.3, -0.25) is 9.59 Å². The number of nitrogens with one attached hydrogen (secondary N) is 2. The molecule has 0 aliphatic rings. The molecule has 0 saturated carbocycles. The summed E-state index contributed by atoms with van der Waals surface area (Å²) in [5.74, 6) is 0.967. The molecule has 0 bridgehead atoms. The van der Waals surface area contributed by atoms with Gasteiger partial charge in [0.25, 0.3) is 5.91 Å². The Balaban J connectivity index is 1.50. The SMILES string of the molecule is Cc1ccccc1CSCC(=O)Nc1cccc(NC(=O)c2cccs2)c1. The van der Waals surface area contributed by atoms with E-state index in [0.29, 0.717) is 22.0 Å². The number of rotatable bonds is 7. The van der Waals surface area contributed by atoms with Gasteiger partial charge >= 0.3 is 0 Å². The van der Waals surface area contributed by atoms with Crippen LogP contribution in [-0.4, -0.2) is 17.6 Å². The smallest absolute Gasteiger partial charge is 0.265 e. The zero-order valence-corrected chi connectivity index (χ0v) is 16.5. The lowest BCUT2D eigenvalue weighted by Crippen LogP contribution is -2.15. The van der Waals surface area contributed by atoms with Gasteiger partial charge in [0.1, 0.15) is 0 Å². The number of thiophene rings is 1. The number of carbonyl (C=O) groups is 2. The standard InChI is InChI=1S/C21H20N2O2S2/c1-15-6-2-3-7-16(15)13-26-14-20(24)22-17-8-4-9-18(12-17)23-21(25)19-10-5-11-27-19/h2-12H,13-14H2,1H3,(H,22,24)(H,23,25). The lowest BCUT2D eigenvalue weighted by Gasteiger charge is -2.09. The minimum atomic E-state index is -0.151. The van der Waals surface area contributed by atoms with Gasteiger partial charge < -0.3 is 10.6 Å². The molecule has 1 aromatic heterocycles. The van der Waals surface area contributed by atoms with E-state index >= 15 is 0 Å². The largest absolute Gasteiger partial charge is 0.325 e. The van der Waals surface area contributed by atoms with Crippen molar-refractivity contribution in [2.75, 3.05) is 16.4 Å². The van der Waals surface area contributed by atoms with Crippen LogP contribution in [0.1, 0.15) is 20.8 Å². The van der Waals surface area contributed by atoms with Crippen LogP contribution in [0, 0.1) is 6.92 Å². The maximum Gasteiger partial charge on any atom is 0.265 e. The number of thioether (sulfide) groups is 1. The summed E-state index contributed by atoms with van der Waals surface area (Å²) in [5, 5.41) is 7.59. The Kier molecular flexibility index (Phi) is 6.68. The molecule has 2 amide bonds. The van der Waals surface area contributed by atoms with Crippen molar-refractivity contribution in [2.24, 2.45) is 0 Å². The predicted octanol–water partition coefficient (Wildman–Crippen LogP) is 5.18. The lowest BCUT2D eigenvalue weighted by atomic mass is 10.1. The van der Waals surface area contributed by atoms with E-state index in [1.54, 1.807) is 36.0 Å². The van der Waals surface area contributed by atoms with Gasteiger partial charge in [0.15, 0.2) is 0 Å². The summed E-state index contributed by atoms with van der Waals surface area (Å²) in [7, 11) is 0. The molecule has 4 nitrogen and oxygen atoms in total. The molecule has 2 N–H and O–H groups in total. The van der Waals surface area contributed by atoms with E-state index in [2.05, 4.69) is 29.7 Å². The van der Waals surface area contributed by atoms with Gasteiger partial charge in [0, 0.05) is 17.1 Å². The normalized spacial score (nSPS) is 10.4. The third kappa shape index (κ3) is 5.70. The monoisotopic (exact) mass is 396 g/mol. The third-order valence-corrected chi connectivity index (χ3v) is 5.75. The molecular weight excluding hydrogens is 376 g/mol. The number of hydrogen-bond donors (Lipinski definition) is 2. The molecule has 0 atom stereocenters. The Morgan fingerprint density at radius 1 is 0.963 bits per heavy atom. The van der Waals surface area contributed by atoms with Crippen molar-refractivity contribution in [1.29, 1.82) is 0 Å². The molecule has 0 fully saturated rings. The van der Waals surface area contributed by atoms with Gasteiger partial charge in [-0.1, -0.05) is 36.4 Å². The van der Waals surface area contributed by atoms with Crippen molar-refractivity contribution >= 4 is 46.3 Å². The molecule has 1 heterocycles. The van der Waals surface area contributed by atoms with E-state index in [9.17, 15) is 9.59 Å². The Hall–Kier alpha value is -2.57. The second-order valence-corrected chi connectivity index (χ2v) is 7.91. The molecule has 138 valence electrons. The molecule has 0 unspecified atom stereocenters. The molecule has 0 spiro atoms. The van der Waals surface area contributed by atoms with Crippen molar-refractivity contribution in [3.05, 3.63) is 82.0 Å². The Bertz CT molecular complexity index is 923. The summed E-state index contributed by atoms with van der Waals surface area (Å²) < 4.78 is 0. The van der Waals surface area contributed by atoms with Crippen LogP contribution in [0.15, 0.2) is 66.0 Å². The molecule has 2 aromatic carbocycles. The zero-order chi connectivity index (χ0) is 19.1. The highest BCUT2D eigenvalue weighted by Gasteiger charge is 2.08. The van der Waals surface area contributed by atoms with E-state index in [4.69, 9.17) is 0 Å². The molecule has 0 radical (unpaired) electrons. The lowest BCUT2D eigenvalue weighted by molar-refractivity contribution is -0.113. The van der Waals surface area contributed by atoms with Crippen LogP contribution in [0.25, 0.3) is 0 Å². The van der Waals surface area contributed by atoms with Crippen molar-refractivity contribution in [2.45, 2.75) is 12.7 Å². The van der Waals surface area contributed by atoms with E-state index in [1.807, 2.05) is 29.6 Å². The minimum absolute atomic E-state index is 0.0599. The summed E-state index contributed by atoms with van der Waals surface area (Å²) in [4.78, 5) is 25.0. The van der Waals surface area contributed by atoms with Gasteiger partial charge in [-0.25, -0.2) is 0 Å². The minimum Gasteiger partial charge on any atom is -0.325 e. The summed E-state index contributed by atoms with van der Waals surface area (Å²) in [6.45, 7) is 2.08. The van der Waals surface area contributed by atoms with Gasteiger partial charge in [-0.15, -0.1) is 23.1 Å². The van der Waals surface area contributed by atoms with Crippen molar-refractivity contribution in [3.8, 4) is 0 Å². The number of amides is 2. The van der Waals surface area contributed by atoms with E-state index in [1.165, 1.54) is 22.5 Å². The van der Waals surface area contributed by atoms with Crippen LogP contribution in [-0.2, 0) is 10.5 Å². The van der Waals surface area contributed by atoms with Crippen molar-refractivity contribution < 1.29 is 9.59 Å². The van der Waals surface area contributed by atoms with Crippen molar-refractivity contribution in [3.63, 3.8) is 0 Å². The van der Waals surface area contributed by atoms with Crippen LogP contribution in [0.3, 0.4) is 0 Å². The molecule has 6 heteroatoms. The molecule has 0 aliphatic carbocycles. The van der Waals surface area contributed by atoms with E-state index in [0.717, 1.165) is 5.75 Å². The summed E-state index contributed by atoms with van der Waals surface area (Å²) >= 11 is 2.97. The molecule has 3 rings (SSSR count). The van der Waals surface area contributed by atoms with Crippen LogP contribution in [0.2, 0.25) is 0 Å². The highest BCUT2D eigenvalue weighted by Crippen LogP contribution is 2.19. The molecule has 3 aromatic rings. The molecule has 27 heavy (non-hydrogen) atoms. The third-order valence-electron chi connectivity index (χ3n) is 3.90. The van der Waals surface area contributed by atoms with Gasteiger partial charge in [-0.2, -0.15) is 0 Å². The average Bonchev–Trinajstić information content (AvgIpc) is 3.18. The number of aryl methyl sites for hydroxylation is 1. The van der Waals surface area contributed by atoms with Crippen LogP contribution in [0.5, 0.6) is 0 Å². The predicted molar refractivity (Wildman–Crippen MR) is 115 cm³/mol.